The first kappa shape index (κ1) is 26.4. The molecule has 0 spiro atoms. The van der Waals surface area contributed by atoms with Gasteiger partial charge in [-0.05, 0) is 49.2 Å². The molecule has 0 radical (unpaired) electrons. The number of hydrogen-bond donors (Lipinski definition) is 3. The summed E-state index contributed by atoms with van der Waals surface area (Å²) < 4.78 is 18.0. The molecule has 1 unspecified atom stereocenters. The van der Waals surface area contributed by atoms with E-state index in [0.717, 1.165) is 23.1 Å². The van der Waals surface area contributed by atoms with E-state index in [4.69, 9.17) is 13.9 Å². The fourth-order valence-corrected chi connectivity index (χ4v) is 4.88. The van der Waals surface area contributed by atoms with Gasteiger partial charge in [-0.3, -0.25) is 9.59 Å². The third-order valence-corrected chi connectivity index (χ3v) is 7.32. The lowest BCUT2D eigenvalue weighted by Gasteiger charge is -2.18. The lowest BCUT2D eigenvalue weighted by molar-refractivity contribution is -0.131. The predicted molar refractivity (Wildman–Crippen MR) is 154 cm³/mol. The number of nitrogens with zero attached hydrogens (tertiary/aromatic N) is 2. The summed E-state index contributed by atoms with van der Waals surface area (Å²) in [5.41, 5.74) is 2.35. The molecule has 10 nitrogen and oxygen atoms in total. The van der Waals surface area contributed by atoms with Crippen molar-refractivity contribution in [1.82, 2.24) is 9.88 Å². The average molecular weight is 555 g/mol. The topological polar surface area (TPSA) is 126 Å². The second-order valence-electron chi connectivity index (χ2n) is 10.5. The van der Waals surface area contributed by atoms with Crippen LogP contribution in [0.1, 0.15) is 29.4 Å². The quantitative estimate of drug-likeness (QED) is 0.294. The summed E-state index contributed by atoms with van der Waals surface area (Å²) in [5, 5.41) is 16.7. The normalized spacial score (nSPS) is 17.8. The van der Waals surface area contributed by atoms with E-state index in [1.807, 2.05) is 43.3 Å². The van der Waals surface area contributed by atoms with Crippen molar-refractivity contribution in [2.45, 2.75) is 32.4 Å². The number of aromatic nitrogens is 1. The molecule has 2 aliphatic rings. The molecule has 3 N–H and O–H groups in total. The predicted octanol–water partition coefficient (Wildman–Crippen LogP) is 4.65. The summed E-state index contributed by atoms with van der Waals surface area (Å²) in [5.74, 6) is 2.39. The van der Waals surface area contributed by atoms with Crippen molar-refractivity contribution in [1.29, 1.82) is 0 Å². The number of ether oxygens (including phenoxy) is 2. The van der Waals surface area contributed by atoms with Crippen LogP contribution in [0.4, 0.5) is 11.5 Å². The highest BCUT2D eigenvalue weighted by molar-refractivity contribution is 6.00. The number of amides is 2. The number of carbonyl (C=O) groups excluding carboxylic acids is 2. The van der Waals surface area contributed by atoms with Crippen molar-refractivity contribution < 1.29 is 28.6 Å². The Balaban J connectivity index is 1.16. The minimum absolute atomic E-state index is 0.0366. The van der Waals surface area contributed by atoms with Gasteiger partial charge in [0.15, 0.2) is 22.8 Å². The van der Waals surface area contributed by atoms with Crippen LogP contribution >= 0.6 is 0 Å². The Morgan fingerprint density at radius 2 is 2.12 bits per heavy atom. The molecule has 2 aliphatic heterocycles. The van der Waals surface area contributed by atoms with Crippen LogP contribution in [0.5, 0.6) is 17.2 Å². The van der Waals surface area contributed by atoms with Gasteiger partial charge in [0.1, 0.15) is 17.3 Å². The highest BCUT2D eigenvalue weighted by atomic mass is 16.5. The minimum Gasteiger partial charge on any atom is -0.493 e. The number of β-amino-alcohol motifs (C(OH)–C–C–N with tert-alkyl or cyclic N) is 1. The van der Waals surface area contributed by atoms with Crippen molar-refractivity contribution >= 4 is 40.4 Å². The van der Waals surface area contributed by atoms with Gasteiger partial charge in [0.05, 0.1) is 18.8 Å². The maximum absolute atomic E-state index is 13.0. The zero-order chi connectivity index (χ0) is 28.7. The fourth-order valence-electron chi connectivity index (χ4n) is 4.88. The SMILES string of the molecule is Cc1oc2c(Oc3ccc4c(c3)OCC4)cccc2c1CN(C)C(=O)/C=C/c1cnc2c(c1)NCC(C)(O)C(=O)N2. The molecule has 210 valence electrons. The lowest BCUT2D eigenvalue weighted by Crippen LogP contribution is -2.43. The number of fused-ring (bicyclic) bond motifs is 3. The lowest BCUT2D eigenvalue weighted by atomic mass is 10.1. The van der Waals surface area contributed by atoms with Gasteiger partial charge < -0.3 is 34.5 Å². The smallest absolute Gasteiger partial charge is 0.259 e. The minimum atomic E-state index is -1.56. The summed E-state index contributed by atoms with van der Waals surface area (Å²) in [7, 11) is 1.73. The molecule has 2 amide bonds. The molecule has 2 aromatic carbocycles. The molecule has 0 saturated carbocycles. The molecule has 4 heterocycles. The highest BCUT2D eigenvalue weighted by Crippen LogP contribution is 2.37. The van der Waals surface area contributed by atoms with E-state index in [1.165, 1.54) is 18.6 Å². The van der Waals surface area contributed by atoms with Crippen LogP contribution < -0.4 is 20.1 Å². The van der Waals surface area contributed by atoms with E-state index in [9.17, 15) is 14.7 Å². The molecule has 2 aromatic heterocycles. The van der Waals surface area contributed by atoms with Gasteiger partial charge in [0.25, 0.3) is 5.91 Å². The van der Waals surface area contributed by atoms with E-state index in [-0.39, 0.29) is 12.5 Å². The first-order valence-corrected chi connectivity index (χ1v) is 13.3. The first-order chi connectivity index (χ1) is 19.7. The zero-order valence-corrected chi connectivity index (χ0v) is 23.0. The van der Waals surface area contributed by atoms with E-state index in [0.29, 0.717) is 53.1 Å². The van der Waals surface area contributed by atoms with Crippen molar-refractivity contribution in [2.75, 3.05) is 30.8 Å². The Morgan fingerprint density at radius 3 is 2.98 bits per heavy atom. The maximum Gasteiger partial charge on any atom is 0.259 e. The third kappa shape index (κ3) is 5.21. The number of nitrogens with one attached hydrogen (secondary N) is 2. The number of aryl methyl sites for hydroxylation is 1. The van der Waals surface area contributed by atoms with Crippen molar-refractivity contribution in [3.05, 3.63) is 77.2 Å². The highest BCUT2D eigenvalue weighted by Gasteiger charge is 2.33. The van der Waals surface area contributed by atoms with Crippen LogP contribution in [-0.2, 0) is 22.6 Å². The van der Waals surface area contributed by atoms with Crippen LogP contribution in [0.2, 0.25) is 0 Å². The molecule has 1 atom stereocenters. The largest absolute Gasteiger partial charge is 0.493 e. The van der Waals surface area contributed by atoms with Gasteiger partial charge in [0.2, 0.25) is 5.91 Å². The molecular formula is C31H30N4O6. The summed E-state index contributed by atoms with van der Waals surface area (Å²) in [6.07, 6.45) is 5.58. The van der Waals surface area contributed by atoms with Gasteiger partial charge >= 0.3 is 0 Å². The Bertz CT molecular complexity index is 1710. The van der Waals surface area contributed by atoms with Crippen molar-refractivity contribution in [2.24, 2.45) is 0 Å². The number of pyridine rings is 1. The number of furan rings is 1. The number of aliphatic hydroxyl groups is 1. The number of hydrogen-bond acceptors (Lipinski definition) is 8. The Kier molecular flexibility index (Phi) is 6.63. The second kappa shape index (κ2) is 10.3. The summed E-state index contributed by atoms with van der Waals surface area (Å²) in [4.78, 5) is 31.0. The first-order valence-electron chi connectivity index (χ1n) is 13.3. The van der Waals surface area contributed by atoms with Crippen LogP contribution in [0.25, 0.3) is 17.0 Å². The monoisotopic (exact) mass is 554 g/mol. The molecule has 10 heteroatoms. The molecule has 41 heavy (non-hydrogen) atoms. The summed E-state index contributed by atoms with van der Waals surface area (Å²) in [6, 6.07) is 13.3. The summed E-state index contributed by atoms with van der Waals surface area (Å²) in [6.45, 7) is 4.36. The number of anilines is 2. The van der Waals surface area contributed by atoms with E-state index < -0.39 is 11.5 Å². The molecule has 6 rings (SSSR count). The van der Waals surface area contributed by atoms with Gasteiger partial charge in [-0.25, -0.2) is 4.98 Å². The van der Waals surface area contributed by atoms with Crippen molar-refractivity contribution in [3.63, 3.8) is 0 Å². The van der Waals surface area contributed by atoms with E-state index in [2.05, 4.69) is 15.6 Å². The van der Waals surface area contributed by atoms with Gasteiger partial charge in [-0.15, -0.1) is 0 Å². The van der Waals surface area contributed by atoms with Crippen LogP contribution in [-0.4, -0.2) is 52.6 Å². The standard InChI is InChI=1S/C31H30N4O6/c1-18-23(22-5-4-6-25(28(22)40-18)41-21-9-8-20-11-12-39-26(20)14-21)16-35(3)27(36)10-7-19-13-24-29(32-15-19)34-30(37)31(2,38)17-33-24/h4-10,13-15,33,38H,11-12,16-17H2,1-3H3,(H,32,34,37)/b10-7+. The number of likely N-dealkylation sites (N-methyl/N-ethyl adjacent to an activating group) is 1. The number of benzene rings is 2. The van der Waals surface area contributed by atoms with E-state index >= 15 is 0 Å². The van der Waals surface area contributed by atoms with Gasteiger partial charge in [0, 0.05) is 49.3 Å². The van der Waals surface area contributed by atoms with E-state index in [1.54, 1.807) is 30.3 Å². The Labute approximate surface area is 236 Å². The van der Waals surface area contributed by atoms with Crippen LogP contribution in [0.15, 0.2) is 59.2 Å². The molecule has 0 fully saturated rings. The molecule has 4 aromatic rings. The zero-order valence-electron chi connectivity index (χ0n) is 23.0. The van der Waals surface area contributed by atoms with Crippen molar-refractivity contribution in [3.8, 4) is 17.2 Å². The number of rotatable bonds is 6. The fraction of sp³-hybridized carbons (Fsp3) is 0.258. The second-order valence-corrected chi connectivity index (χ2v) is 10.5. The molecule has 0 bridgehead atoms. The molecule has 0 saturated heterocycles. The Morgan fingerprint density at radius 1 is 1.27 bits per heavy atom. The molecule has 0 aliphatic carbocycles. The van der Waals surface area contributed by atoms with Gasteiger partial charge in [-0.1, -0.05) is 18.2 Å². The third-order valence-electron chi connectivity index (χ3n) is 7.32. The maximum atomic E-state index is 13.0. The average Bonchev–Trinajstić information content (AvgIpc) is 3.52. The number of para-hydroxylation sites is 1. The van der Waals surface area contributed by atoms with Crippen LogP contribution in [0.3, 0.4) is 0 Å². The van der Waals surface area contributed by atoms with Gasteiger partial charge in [-0.2, -0.15) is 0 Å². The Hall–Kier alpha value is -4.83. The number of carbonyl (C=O) groups is 2. The van der Waals surface area contributed by atoms with Crippen LogP contribution in [0, 0.1) is 6.92 Å². The summed E-state index contributed by atoms with van der Waals surface area (Å²) >= 11 is 0. The molecular weight excluding hydrogens is 524 g/mol.